The van der Waals surface area contributed by atoms with E-state index in [0.717, 1.165) is 24.2 Å². The van der Waals surface area contributed by atoms with E-state index in [1.54, 1.807) is 11.3 Å². The molecule has 1 saturated carbocycles. The molecule has 1 aliphatic carbocycles. The molecule has 0 aromatic carbocycles. The third-order valence-corrected chi connectivity index (χ3v) is 4.74. The summed E-state index contributed by atoms with van der Waals surface area (Å²) in [7, 11) is 2.06. The topological polar surface area (TPSA) is 29.9 Å². The highest BCUT2D eigenvalue weighted by molar-refractivity contribution is 7.10. The number of hydrogen-bond acceptors (Lipinski definition) is 3. The largest absolute Gasteiger partial charge is 0.336 e. The summed E-state index contributed by atoms with van der Waals surface area (Å²) in [5.41, 5.74) is 0. The van der Waals surface area contributed by atoms with Crippen molar-refractivity contribution in [3.05, 3.63) is 40.6 Å². The van der Waals surface area contributed by atoms with Crippen LogP contribution in [0.5, 0.6) is 0 Å². The van der Waals surface area contributed by atoms with Gasteiger partial charge in [-0.25, -0.2) is 4.98 Å². The standard InChI is InChI=1S/C14H19N3S/c1-10-8-11(10)9-16-13(12-4-3-7-18-12)14-15-5-6-17(14)2/h3-7,10-11,13,16H,8-9H2,1-2H3. The van der Waals surface area contributed by atoms with Crippen LogP contribution in [0.15, 0.2) is 29.9 Å². The van der Waals surface area contributed by atoms with Crippen molar-refractivity contribution in [3.63, 3.8) is 0 Å². The lowest BCUT2D eigenvalue weighted by molar-refractivity contribution is 0.531. The third kappa shape index (κ3) is 2.35. The Bertz CT molecular complexity index is 503. The maximum atomic E-state index is 4.50. The Kier molecular flexibility index (Phi) is 3.22. The molecule has 0 amide bonds. The quantitative estimate of drug-likeness (QED) is 0.897. The minimum absolute atomic E-state index is 0.234. The van der Waals surface area contributed by atoms with Crippen LogP contribution in [0.25, 0.3) is 0 Å². The molecule has 2 aromatic heterocycles. The van der Waals surface area contributed by atoms with Crippen LogP contribution in [0.3, 0.4) is 0 Å². The summed E-state index contributed by atoms with van der Waals surface area (Å²) in [5.74, 6) is 2.85. The highest BCUT2D eigenvalue weighted by Gasteiger charge is 2.33. The lowest BCUT2D eigenvalue weighted by Gasteiger charge is -2.17. The molecule has 1 N–H and O–H groups in total. The van der Waals surface area contributed by atoms with Crippen molar-refractivity contribution in [2.45, 2.75) is 19.4 Å². The van der Waals surface area contributed by atoms with Gasteiger partial charge in [0.25, 0.3) is 0 Å². The van der Waals surface area contributed by atoms with Gasteiger partial charge in [0.1, 0.15) is 11.9 Å². The first-order chi connectivity index (χ1) is 8.75. The minimum atomic E-state index is 0.234. The van der Waals surface area contributed by atoms with Gasteiger partial charge in [0.15, 0.2) is 0 Å². The smallest absolute Gasteiger partial charge is 0.131 e. The number of aryl methyl sites for hydroxylation is 1. The van der Waals surface area contributed by atoms with Crippen LogP contribution in [-0.4, -0.2) is 16.1 Å². The van der Waals surface area contributed by atoms with Gasteiger partial charge in [0, 0.05) is 24.3 Å². The van der Waals surface area contributed by atoms with Gasteiger partial charge < -0.3 is 9.88 Å². The first-order valence-electron chi connectivity index (χ1n) is 6.49. The zero-order chi connectivity index (χ0) is 12.5. The summed E-state index contributed by atoms with van der Waals surface area (Å²) in [4.78, 5) is 5.84. The van der Waals surface area contributed by atoms with Crippen LogP contribution >= 0.6 is 11.3 Å². The fourth-order valence-electron chi connectivity index (χ4n) is 2.38. The Morgan fingerprint density at radius 1 is 1.61 bits per heavy atom. The summed E-state index contributed by atoms with van der Waals surface area (Å²) in [6, 6.07) is 4.53. The van der Waals surface area contributed by atoms with Gasteiger partial charge in [0.2, 0.25) is 0 Å². The second-order valence-corrected chi connectivity index (χ2v) is 6.21. The molecule has 2 aromatic rings. The van der Waals surface area contributed by atoms with Crippen molar-refractivity contribution >= 4 is 11.3 Å². The van der Waals surface area contributed by atoms with Crippen LogP contribution in [0.2, 0.25) is 0 Å². The van der Waals surface area contributed by atoms with Crippen LogP contribution in [-0.2, 0) is 7.05 Å². The molecule has 3 atom stereocenters. The molecule has 0 aliphatic heterocycles. The lowest BCUT2D eigenvalue weighted by atomic mass is 10.2. The van der Waals surface area contributed by atoms with Crippen LogP contribution < -0.4 is 5.32 Å². The van der Waals surface area contributed by atoms with Gasteiger partial charge in [-0.3, -0.25) is 0 Å². The van der Waals surface area contributed by atoms with Gasteiger partial charge in [-0.2, -0.15) is 0 Å². The molecule has 96 valence electrons. The molecule has 3 unspecified atom stereocenters. The minimum Gasteiger partial charge on any atom is -0.336 e. The number of rotatable bonds is 5. The zero-order valence-electron chi connectivity index (χ0n) is 10.8. The number of thiophene rings is 1. The fraction of sp³-hybridized carbons (Fsp3) is 0.500. The molecule has 18 heavy (non-hydrogen) atoms. The molecule has 1 fully saturated rings. The van der Waals surface area contributed by atoms with Crippen molar-refractivity contribution in [1.82, 2.24) is 14.9 Å². The maximum absolute atomic E-state index is 4.50. The van der Waals surface area contributed by atoms with E-state index in [9.17, 15) is 0 Å². The molecule has 4 heteroatoms. The average Bonchev–Trinajstić information content (AvgIpc) is 2.80. The molecule has 1 aliphatic rings. The Balaban J connectivity index is 1.78. The second-order valence-electron chi connectivity index (χ2n) is 5.23. The van der Waals surface area contributed by atoms with Gasteiger partial charge in [-0.1, -0.05) is 13.0 Å². The normalized spacial score (nSPS) is 24.1. The van der Waals surface area contributed by atoms with Crippen LogP contribution in [0, 0.1) is 11.8 Å². The predicted molar refractivity (Wildman–Crippen MR) is 74.6 cm³/mol. The molecule has 3 rings (SSSR count). The van der Waals surface area contributed by atoms with Gasteiger partial charge in [-0.05, 0) is 36.2 Å². The number of nitrogens with zero attached hydrogens (tertiary/aromatic N) is 2. The van der Waals surface area contributed by atoms with Crippen molar-refractivity contribution in [3.8, 4) is 0 Å². The molecular formula is C14H19N3S. The van der Waals surface area contributed by atoms with Gasteiger partial charge in [0.05, 0.1) is 0 Å². The number of hydrogen-bond donors (Lipinski definition) is 1. The van der Waals surface area contributed by atoms with E-state index in [1.807, 2.05) is 12.4 Å². The maximum Gasteiger partial charge on any atom is 0.131 e. The zero-order valence-corrected chi connectivity index (χ0v) is 11.7. The van der Waals surface area contributed by atoms with Crippen molar-refractivity contribution in [1.29, 1.82) is 0 Å². The van der Waals surface area contributed by atoms with Crippen molar-refractivity contribution < 1.29 is 0 Å². The predicted octanol–water partition coefficient (Wildman–Crippen LogP) is 2.82. The molecular weight excluding hydrogens is 242 g/mol. The van der Waals surface area contributed by atoms with Crippen LogP contribution in [0.4, 0.5) is 0 Å². The summed E-state index contributed by atoms with van der Waals surface area (Å²) in [5, 5.41) is 5.82. The summed E-state index contributed by atoms with van der Waals surface area (Å²) < 4.78 is 2.10. The highest BCUT2D eigenvalue weighted by atomic mass is 32.1. The Morgan fingerprint density at radius 3 is 3.00 bits per heavy atom. The van der Waals surface area contributed by atoms with Crippen LogP contribution in [0.1, 0.15) is 30.1 Å². The first-order valence-corrected chi connectivity index (χ1v) is 7.37. The van der Waals surface area contributed by atoms with Gasteiger partial charge in [-0.15, -0.1) is 11.3 Å². The van der Waals surface area contributed by atoms with Gasteiger partial charge >= 0.3 is 0 Å². The van der Waals surface area contributed by atoms with Crippen molar-refractivity contribution in [2.24, 2.45) is 18.9 Å². The summed E-state index contributed by atoms with van der Waals surface area (Å²) in [6.07, 6.45) is 5.25. The summed E-state index contributed by atoms with van der Waals surface area (Å²) >= 11 is 1.80. The van der Waals surface area contributed by atoms with Crippen molar-refractivity contribution in [2.75, 3.05) is 6.54 Å². The molecule has 2 heterocycles. The average molecular weight is 261 g/mol. The van der Waals surface area contributed by atoms with E-state index in [4.69, 9.17) is 0 Å². The molecule has 0 bridgehead atoms. The second kappa shape index (κ2) is 4.86. The molecule has 0 saturated heterocycles. The fourth-order valence-corrected chi connectivity index (χ4v) is 3.18. The third-order valence-electron chi connectivity index (χ3n) is 3.80. The number of aromatic nitrogens is 2. The van der Waals surface area contributed by atoms with E-state index in [-0.39, 0.29) is 6.04 Å². The Labute approximate surface area is 112 Å². The van der Waals surface area contributed by atoms with E-state index in [2.05, 4.69) is 46.4 Å². The Hall–Kier alpha value is -1.13. The van der Waals surface area contributed by atoms with E-state index in [0.29, 0.717) is 0 Å². The molecule has 0 radical (unpaired) electrons. The SMILES string of the molecule is CC1CC1CNC(c1cccs1)c1nccn1C. The number of nitrogens with one attached hydrogen (secondary N) is 1. The van der Waals surface area contributed by atoms with E-state index < -0.39 is 0 Å². The summed E-state index contributed by atoms with van der Waals surface area (Å²) in [6.45, 7) is 3.42. The highest BCUT2D eigenvalue weighted by Crippen LogP contribution is 2.37. The monoisotopic (exact) mass is 261 g/mol. The lowest BCUT2D eigenvalue weighted by Crippen LogP contribution is -2.26. The van der Waals surface area contributed by atoms with E-state index in [1.165, 1.54) is 11.3 Å². The molecule has 3 nitrogen and oxygen atoms in total. The first kappa shape index (κ1) is 11.9. The molecule has 0 spiro atoms. The van der Waals surface area contributed by atoms with E-state index >= 15 is 0 Å². The Morgan fingerprint density at radius 2 is 2.44 bits per heavy atom. The number of imidazole rings is 1.